The fraction of sp³-hybridized carbons (Fsp3) is 0.296. The van der Waals surface area contributed by atoms with Crippen LogP contribution in [0.3, 0.4) is 0 Å². The summed E-state index contributed by atoms with van der Waals surface area (Å²) < 4.78 is 5.83. The number of benzene rings is 2. The van der Waals surface area contributed by atoms with Crippen LogP contribution in [0.25, 0.3) is 6.08 Å². The first-order valence-corrected chi connectivity index (χ1v) is 11.1. The monoisotopic (exact) mass is 426 g/mol. The summed E-state index contributed by atoms with van der Waals surface area (Å²) in [5, 5.41) is 9.60. The van der Waals surface area contributed by atoms with Gasteiger partial charge in [0.15, 0.2) is 0 Å². The molecule has 1 heterocycles. The van der Waals surface area contributed by atoms with Gasteiger partial charge in [0.2, 0.25) is 0 Å². The Morgan fingerprint density at radius 2 is 1.69 bits per heavy atom. The molecule has 4 rings (SSSR count). The molecule has 0 saturated heterocycles. The van der Waals surface area contributed by atoms with E-state index in [2.05, 4.69) is 0 Å². The highest BCUT2D eigenvalue weighted by atomic mass is 16.5. The van der Waals surface area contributed by atoms with Gasteiger partial charge in [0.05, 0.1) is 0 Å². The fourth-order valence-corrected chi connectivity index (χ4v) is 4.34. The predicted octanol–water partition coefficient (Wildman–Crippen LogP) is 5.19. The maximum atomic E-state index is 13.3. The molecule has 2 aromatic carbocycles. The first-order chi connectivity index (χ1) is 15.6. The second-order valence-corrected chi connectivity index (χ2v) is 8.29. The molecule has 0 aromatic heterocycles. The molecule has 0 N–H and O–H groups in total. The molecule has 5 heteroatoms. The van der Waals surface area contributed by atoms with Crippen molar-refractivity contribution in [3.05, 3.63) is 82.4 Å². The highest BCUT2D eigenvalue weighted by Gasteiger charge is 2.39. The zero-order valence-electron chi connectivity index (χ0n) is 18.2. The maximum Gasteiger partial charge on any atom is 0.271 e. The number of hydrogen-bond acceptors (Lipinski definition) is 4. The fourth-order valence-electron chi connectivity index (χ4n) is 4.34. The molecule has 32 heavy (non-hydrogen) atoms. The minimum Gasteiger partial charge on any atom is -0.489 e. The van der Waals surface area contributed by atoms with E-state index in [1.807, 2.05) is 60.7 Å². The summed E-state index contributed by atoms with van der Waals surface area (Å²) in [4.78, 5) is 27.5. The number of ether oxygens (including phenoxy) is 1. The summed E-state index contributed by atoms with van der Waals surface area (Å²) in [5.41, 5.74) is 2.81. The number of amides is 2. The first kappa shape index (κ1) is 21.6. The van der Waals surface area contributed by atoms with E-state index >= 15 is 0 Å². The van der Waals surface area contributed by atoms with Crippen molar-refractivity contribution in [1.82, 2.24) is 4.90 Å². The molecular formula is C27H26N2O3. The zero-order chi connectivity index (χ0) is 22.5. The van der Waals surface area contributed by atoms with Crippen LogP contribution in [-0.2, 0) is 16.2 Å². The third-order valence-corrected chi connectivity index (χ3v) is 6.15. The van der Waals surface area contributed by atoms with Gasteiger partial charge in [-0.15, -0.1) is 0 Å². The number of carbonyl (C=O) groups excluding carboxylic acids is 2. The third-order valence-electron chi connectivity index (χ3n) is 6.15. The van der Waals surface area contributed by atoms with Crippen LogP contribution < -0.4 is 4.74 Å². The van der Waals surface area contributed by atoms with Gasteiger partial charge in [0.25, 0.3) is 11.8 Å². The van der Waals surface area contributed by atoms with Gasteiger partial charge in [-0.25, -0.2) is 0 Å². The number of nitrogens with zero attached hydrogens (tertiary/aromatic N) is 2. The van der Waals surface area contributed by atoms with Crippen LogP contribution in [-0.4, -0.2) is 22.8 Å². The molecule has 1 fully saturated rings. The van der Waals surface area contributed by atoms with Crippen LogP contribution in [0, 0.1) is 11.3 Å². The average molecular weight is 427 g/mol. The molecular weight excluding hydrogens is 400 g/mol. The lowest BCUT2D eigenvalue weighted by Crippen LogP contribution is -2.49. The third kappa shape index (κ3) is 4.50. The van der Waals surface area contributed by atoms with Crippen LogP contribution in [0.5, 0.6) is 5.75 Å². The minimum absolute atomic E-state index is 0.0595. The molecule has 0 atom stereocenters. The van der Waals surface area contributed by atoms with Crippen molar-refractivity contribution < 1.29 is 14.3 Å². The van der Waals surface area contributed by atoms with Crippen LogP contribution in [0.15, 0.2) is 71.3 Å². The molecule has 0 unspecified atom stereocenters. The Balaban J connectivity index is 1.57. The van der Waals surface area contributed by atoms with Crippen molar-refractivity contribution in [3.8, 4) is 11.8 Å². The van der Waals surface area contributed by atoms with Gasteiger partial charge in [0, 0.05) is 11.6 Å². The molecule has 1 saturated carbocycles. The summed E-state index contributed by atoms with van der Waals surface area (Å²) in [5.74, 6) is -0.0264. The van der Waals surface area contributed by atoms with Gasteiger partial charge in [-0.05, 0) is 54.7 Å². The van der Waals surface area contributed by atoms with Crippen molar-refractivity contribution in [3.63, 3.8) is 0 Å². The number of hydrogen-bond donors (Lipinski definition) is 0. The Hall–Kier alpha value is -3.65. The lowest BCUT2D eigenvalue weighted by atomic mass is 9.88. The molecule has 0 bridgehead atoms. The van der Waals surface area contributed by atoms with E-state index in [9.17, 15) is 14.9 Å². The molecule has 5 nitrogen and oxygen atoms in total. The van der Waals surface area contributed by atoms with Crippen molar-refractivity contribution in [2.45, 2.75) is 51.7 Å². The van der Waals surface area contributed by atoms with Crippen molar-refractivity contribution in [1.29, 1.82) is 5.26 Å². The van der Waals surface area contributed by atoms with Crippen LogP contribution >= 0.6 is 0 Å². The molecule has 1 aliphatic heterocycles. The lowest BCUT2D eigenvalue weighted by molar-refractivity contribution is -0.143. The minimum atomic E-state index is -0.455. The number of imide groups is 1. The largest absolute Gasteiger partial charge is 0.489 e. The number of carbonyl (C=O) groups is 2. The SMILES string of the molecule is CC1=C(C#N)C(=O)N(C2CCCCC2)C(=O)/C1=C/c1ccc(OCc2ccccc2)cc1. The van der Waals surface area contributed by atoms with E-state index in [0.717, 1.165) is 49.0 Å². The van der Waals surface area contributed by atoms with Crippen molar-refractivity contribution in [2.75, 3.05) is 0 Å². The molecule has 2 amide bonds. The van der Waals surface area contributed by atoms with Gasteiger partial charge >= 0.3 is 0 Å². The summed E-state index contributed by atoms with van der Waals surface area (Å²) in [6.45, 7) is 2.15. The molecule has 2 aliphatic rings. The van der Waals surface area contributed by atoms with E-state index < -0.39 is 5.91 Å². The molecule has 0 radical (unpaired) electrons. The standard InChI is InChI=1S/C27H26N2O3/c1-19-24(26(30)29(27(31)25(19)17-28)22-10-6-3-7-11-22)16-20-12-14-23(15-13-20)32-18-21-8-4-2-5-9-21/h2,4-5,8-9,12-16,22H,3,6-7,10-11,18H2,1H3/b24-16+. The smallest absolute Gasteiger partial charge is 0.271 e. The summed E-state index contributed by atoms with van der Waals surface area (Å²) in [7, 11) is 0. The summed E-state index contributed by atoms with van der Waals surface area (Å²) >= 11 is 0. The quantitative estimate of drug-likeness (QED) is 0.487. The molecule has 2 aromatic rings. The van der Waals surface area contributed by atoms with Crippen molar-refractivity contribution in [2.24, 2.45) is 0 Å². The zero-order valence-corrected chi connectivity index (χ0v) is 18.2. The normalized spacial score (nSPS) is 18.8. The Morgan fingerprint density at radius 1 is 1.00 bits per heavy atom. The Bertz CT molecular complexity index is 1100. The number of rotatable bonds is 5. The maximum absolute atomic E-state index is 13.3. The van der Waals surface area contributed by atoms with Crippen LogP contribution in [0.1, 0.15) is 50.2 Å². The van der Waals surface area contributed by atoms with E-state index in [0.29, 0.717) is 17.8 Å². The lowest BCUT2D eigenvalue weighted by Gasteiger charge is -2.36. The van der Waals surface area contributed by atoms with E-state index in [4.69, 9.17) is 4.74 Å². The highest BCUT2D eigenvalue weighted by Crippen LogP contribution is 2.32. The van der Waals surface area contributed by atoms with Crippen molar-refractivity contribution >= 4 is 17.9 Å². The van der Waals surface area contributed by atoms with Gasteiger partial charge in [-0.3, -0.25) is 14.5 Å². The summed E-state index contributed by atoms with van der Waals surface area (Å²) in [6.07, 6.45) is 6.48. The second-order valence-electron chi connectivity index (χ2n) is 8.29. The number of nitriles is 1. The Morgan fingerprint density at radius 3 is 2.34 bits per heavy atom. The van der Waals surface area contributed by atoms with E-state index in [-0.39, 0.29) is 17.5 Å². The predicted molar refractivity (Wildman–Crippen MR) is 122 cm³/mol. The summed E-state index contributed by atoms with van der Waals surface area (Å²) in [6, 6.07) is 19.3. The van der Waals surface area contributed by atoms with Crippen LogP contribution in [0.2, 0.25) is 0 Å². The van der Waals surface area contributed by atoms with Gasteiger partial charge in [-0.2, -0.15) is 5.26 Å². The van der Waals surface area contributed by atoms with E-state index in [1.165, 1.54) is 4.90 Å². The molecule has 162 valence electrons. The second kappa shape index (κ2) is 9.65. The van der Waals surface area contributed by atoms with Gasteiger partial charge in [-0.1, -0.05) is 61.7 Å². The average Bonchev–Trinajstić information content (AvgIpc) is 2.83. The highest BCUT2D eigenvalue weighted by molar-refractivity contribution is 6.19. The van der Waals surface area contributed by atoms with Gasteiger partial charge in [0.1, 0.15) is 24.0 Å². The van der Waals surface area contributed by atoms with Gasteiger partial charge < -0.3 is 4.74 Å². The molecule has 0 spiro atoms. The Kier molecular flexibility index (Phi) is 6.51. The van der Waals surface area contributed by atoms with E-state index in [1.54, 1.807) is 13.0 Å². The molecule has 1 aliphatic carbocycles. The first-order valence-electron chi connectivity index (χ1n) is 11.1. The van der Waals surface area contributed by atoms with Crippen LogP contribution in [0.4, 0.5) is 0 Å². The Labute approximate surface area is 188 Å². The topological polar surface area (TPSA) is 70.4 Å².